The van der Waals surface area contributed by atoms with Gasteiger partial charge in [0.25, 0.3) is 0 Å². The van der Waals surface area contributed by atoms with Crippen LogP contribution in [0.15, 0.2) is 53.0 Å². The third-order valence-electron chi connectivity index (χ3n) is 2.86. The number of halogens is 1. The average molecular weight is 303 g/mol. The standard InChI is InChI=1S/C16H15BrO/c17-16-8-6-14(7-9-16)12-15-4-1-3-13(11-15)5-2-10-18/h1,3-4,6-11H,2,5,12H2. The molecule has 1 nitrogen and oxygen atoms in total. The Labute approximate surface area is 116 Å². The lowest BCUT2D eigenvalue weighted by Gasteiger charge is -2.05. The Bertz CT molecular complexity index is 517. The Morgan fingerprint density at radius 1 is 0.944 bits per heavy atom. The molecule has 0 fully saturated rings. The number of benzene rings is 2. The van der Waals surface area contributed by atoms with E-state index in [1.165, 1.54) is 16.7 Å². The zero-order valence-electron chi connectivity index (χ0n) is 10.1. The highest BCUT2D eigenvalue weighted by atomic mass is 79.9. The molecule has 2 rings (SSSR count). The summed E-state index contributed by atoms with van der Waals surface area (Å²) in [5.74, 6) is 0. The molecule has 0 saturated carbocycles. The maximum atomic E-state index is 10.4. The predicted octanol–water partition coefficient (Wildman–Crippen LogP) is 4.17. The first-order valence-corrected chi connectivity index (χ1v) is 6.83. The number of carbonyl (C=O) groups excluding carboxylic acids is 1. The van der Waals surface area contributed by atoms with Crippen molar-refractivity contribution in [2.45, 2.75) is 19.3 Å². The SMILES string of the molecule is O=CCCc1cccc(Cc2ccc(Br)cc2)c1. The molecular weight excluding hydrogens is 288 g/mol. The molecular formula is C16H15BrO. The molecule has 0 aliphatic carbocycles. The van der Waals surface area contributed by atoms with Gasteiger partial charge in [0.1, 0.15) is 6.29 Å². The predicted molar refractivity (Wildman–Crippen MR) is 77.8 cm³/mol. The number of rotatable bonds is 5. The summed E-state index contributed by atoms with van der Waals surface area (Å²) < 4.78 is 1.10. The van der Waals surface area contributed by atoms with Crippen LogP contribution in [-0.4, -0.2) is 6.29 Å². The van der Waals surface area contributed by atoms with Crippen molar-refractivity contribution in [3.05, 3.63) is 69.7 Å². The van der Waals surface area contributed by atoms with Gasteiger partial charge in [-0.2, -0.15) is 0 Å². The minimum Gasteiger partial charge on any atom is -0.303 e. The minimum absolute atomic E-state index is 0.599. The number of hydrogen-bond acceptors (Lipinski definition) is 1. The van der Waals surface area contributed by atoms with E-state index < -0.39 is 0 Å². The molecule has 0 radical (unpaired) electrons. The Morgan fingerprint density at radius 3 is 2.39 bits per heavy atom. The van der Waals surface area contributed by atoms with Gasteiger partial charge in [0.15, 0.2) is 0 Å². The number of aryl methyl sites for hydroxylation is 1. The van der Waals surface area contributed by atoms with E-state index in [1.807, 2.05) is 0 Å². The lowest BCUT2D eigenvalue weighted by Crippen LogP contribution is -1.91. The Hall–Kier alpha value is -1.41. The molecule has 0 aromatic heterocycles. The topological polar surface area (TPSA) is 17.1 Å². The fourth-order valence-corrected chi connectivity index (χ4v) is 2.22. The molecule has 0 aliphatic rings. The van der Waals surface area contributed by atoms with Crippen LogP contribution in [0, 0.1) is 0 Å². The van der Waals surface area contributed by atoms with Crippen LogP contribution >= 0.6 is 15.9 Å². The molecule has 18 heavy (non-hydrogen) atoms. The van der Waals surface area contributed by atoms with Crippen molar-refractivity contribution in [2.75, 3.05) is 0 Å². The molecule has 0 N–H and O–H groups in total. The van der Waals surface area contributed by atoms with Crippen LogP contribution in [0.1, 0.15) is 23.1 Å². The van der Waals surface area contributed by atoms with Crippen molar-refractivity contribution in [1.29, 1.82) is 0 Å². The summed E-state index contributed by atoms with van der Waals surface area (Å²) in [6.07, 6.45) is 3.34. The second-order valence-corrected chi connectivity index (χ2v) is 5.24. The third kappa shape index (κ3) is 3.81. The molecule has 2 aromatic rings. The first-order valence-electron chi connectivity index (χ1n) is 6.04. The van der Waals surface area contributed by atoms with E-state index in [-0.39, 0.29) is 0 Å². The van der Waals surface area contributed by atoms with Gasteiger partial charge < -0.3 is 4.79 Å². The Morgan fingerprint density at radius 2 is 1.67 bits per heavy atom. The van der Waals surface area contributed by atoms with Crippen LogP contribution < -0.4 is 0 Å². The lowest BCUT2D eigenvalue weighted by atomic mass is 10.0. The molecule has 0 spiro atoms. The largest absolute Gasteiger partial charge is 0.303 e. The van der Waals surface area contributed by atoms with Crippen LogP contribution in [0.3, 0.4) is 0 Å². The average Bonchev–Trinajstić information content (AvgIpc) is 2.40. The van der Waals surface area contributed by atoms with Crippen LogP contribution in [0.4, 0.5) is 0 Å². The van der Waals surface area contributed by atoms with Crippen LogP contribution in [0.25, 0.3) is 0 Å². The van der Waals surface area contributed by atoms with Crippen molar-refractivity contribution >= 4 is 22.2 Å². The van der Waals surface area contributed by atoms with E-state index >= 15 is 0 Å². The normalized spacial score (nSPS) is 10.3. The molecule has 0 unspecified atom stereocenters. The molecule has 0 bridgehead atoms. The summed E-state index contributed by atoms with van der Waals surface area (Å²) in [5.41, 5.74) is 3.82. The van der Waals surface area contributed by atoms with Crippen molar-refractivity contribution in [1.82, 2.24) is 0 Å². The van der Waals surface area contributed by atoms with Gasteiger partial charge in [0.05, 0.1) is 0 Å². The highest BCUT2D eigenvalue weighted by molar-refractivity contribution is 9.10. The Balaban J connectivity index is 2.08. The number of carbonyl (C=O) groups is 1. The fraction of sp³-hybridized carbons (Fsp3) is 0.188. The van der Waals surface area contributed by atoms with Gasteiger partial charge in [-0.15, -0.1) is 0 Å². The van der Waals surface area contributed by atoms with E-state index in [0.29, 0.717) is 6.42 Å². The molecule has 0 heterocycles. The van der Waals surface area contributed by atoms with Gasteiger partial charge in [0, 0.05) is 10.9 Å². The molecule has 0 saturated heterocycles. The second-order valence-electron chi connectivity index (χ2n) is 4.33. The molecule has 0 amide bonds. The maximum Gasteiger partial charge on any atom is 0.120 e. The summed E-state index contributed by atoms with van der Waals surface area (Å²) >= 11 is 3.44. The summed E-state index contributed by atoms with van der Waals surface area (Å²) in [7, 11) is 0. The van der Waals surface area contributed by atoms with Crippen molar-refractivity contribution in [3.63, 3.8) is 0 Å². The van der Waals surface area contributed by atoms with Crippen molar-refractivity contribution in [3.8, 4) is 0 Å². The molecule has 92 valence electrons. The van der Waals surface area contributed by atoms with Crippen molar-refractivity contribution in [2.24, 2.45) is 0 Å². The zero-order valence-corrected chi connectivity index (χ0v) is 11.7. The van der Waals surface area contributed by atoms with E-state index in [9.17, 15) is 4.79 Å². The summed E-state index contributed by atoms with van der Waals surface area (Å²) in [5, 5.41) is 0. The number of aldehydes is 1. The first kappa shape index (κ1) is 13.0. The summed E-state index contributed by atoms with van der Waals surface area (Å²) in [4.78, 5) is 10.4. The van der Waals surface area contributed by atoms with Gasteiger partial charge in [-0.1, -0.05) is 52.3 Å². The van der Waals surface area contributed by atoms with Gasteiger partial charge in [-0.3, -0.25) is 0 Å². The van der Waals surface area contributed by atoms with Crippen LogP contribution in [0.2, 0.25) is 0 Å². The zero-order chi connectivity index (χ0) is 12.8. The fourth-order valence-electron chi connectivity index (χ4n) is 1.96. The highest BCUT2D eigenvalue weighted by Crippen LogP contribution is 2.15. The second kappa shape index (κ2) is 6.50. The van der Waals surface area contributed by atoms with Gasteiger partial charge in [-0.05, 0) is 41.7 Å². The van der Waals surface area contributed by atoms with Crippen LogP contribution in [0.5, 0.6) is 0 Å². The smallest absolute Gasteiger partial charge is 0.120 e. The molecule has 2 aromatic carbocycles. The summed E-state index contributed by atoms with van der Waals surface area (Å²) in [6.45, 7) is 0. The Kier molecular flexibility index (Phi) is 4.71. The van der Waals surface area contributed by atoms with E-state index in [0.717, 1.165) is 23.6 Å². The van der Waals surface area contributed by atoms with E-state index in [1.54, 1.807) is 0 Å². The maximum absolute atomic E-state index is 10.4. The minimum atomic E-state index is 0.599. The molecule has 0 atom stereocenters. The van der Waals surface area contributed by atoms with Gasteiger partial charge in [-0.25, -0.2) is 0 Å². The summed E-state index contributed by atoms with van der Waals surface area (Å²) in [6, 6.07) is 16.8. The van der Waals surface area contributed by atoms with E-state index in [4.69, 9.17) is 0 Å². The third-order valence-corrected chi connectivity index (χ3v) is 3.39. The first-order chi connectivity index (χ1) is 8.78. The van der Waals surface area contributed by atoms with E-state index in [2.05, 4.69) is 64.5 Å². The van der Waals surface area contributed by atoms with Crippen molar-refractivity contribution < 1.29 is 4.79 Å². The van der Waals surface area contributed by atoms with Crippen LogP contribution in [-0.2, 0) is 17.6 Å². The highest BCUT2D eigenvalue weighted by Gasteiger charge is 1.99. The lowest BCUT2D eigenvalue weighted by molar-refractivity contribution is -0.107. The number of hydrogen-bond donors (Lipinski definition) is 0. The quantitative estimate of drug-likeness (QED) is 0.758. The monoisotopic (exact) mass is 302 g/mol. The van der Waals surface area contributed by atoms with Gasteiger partial charge in [0.2, 0.25) is 0 Å². The molecule has 2 heteroatoms. The van der Waals surface area contributed by atoms with Gasteiger partial charge >= 0.3 is 0 Å². The molecule has 0 aliphatic heterocycles.